The molecule has 1 saturated carbocycles. The van der Waals surface area contributed by atoms with Gasteiger partial charge in [-0.1, -0.05) is 12.1 Å². The van der Waals surface area contributed by atoms with Gasteiger partial charge in [0.2, 0.25) is 11.8 Å². The van der Waals surface area contributed by atoms with Crippen molar-refractivity contribution in [2.24, 2.45) is 11.7 Å². The van der Waals surface area contributed by atoms with Gasteiger partial charge in [0.05, 0.1) is 29.8 Å². The van der Waals surface area contributed by atoms with E-state index in [9.17, 15) is 14.9 Å². The Bertz CT molecular complexity index is 981. The van der Waals surface area contributed by atoms with Crippen molar-refractivity contribution in [3.63, 3.8) is 0 Å². The molecule has 8 nitrogen and oxygen atoms in total. The number of piperazine rings is 1. The standard InChI is InChI=1S/C22H24N6O2/c23-8-13-2-1-3-14(4-13)10-27-17-7-20(22(27)30)26(11-17)12-18(25)21(29)28-16(9-24)5-15-6-19(15)28/h1-4,15-20H,5-7,10-12,25H2/t15-,16+,17?,18+,19+,20-/m1/s1. The summed E-state index contributed by atoms with van der Waals surface area (Å²) in [6, 6.07) is 10.7. The Morgan fingerprint density at radius 1 is 1.27 bits per heavy atom. The molecule has 1 aromatic carbocycles. The summed E-state index contributed by atoms with van der Waals surface area (Å²) in [6.45, 7) is 1.54. The fourth-order valence-electron chi connectivity index (χ4n) is 5.49. The zero-order valence-electron chi connectivity index (χ0n) is 16.6. The average Bonchev–Trinajstić information content (AvgIpc) is 3.09. The van der Waals surface area contributed by atoms with Gasteiger partial charge in [0, 0.05) is 31.7 Å². The maximum atomic E-state index is 12.9. The van der Waals surface area contributed by atoms with E-state index in [1.807, 2.05) is 28.0 Å². The van der Waals surface area contributed by atoms with Crippen molar-refractivity contribution in [2.45, 2.75) is 56.0 Å². The number of hydrogen-bond acceptors (Lipinski definition) is 6. The van der Waals surface area contributed by atoms with E-state index in [4.69, 9.17) is 11.0 Å². The van der Waals surface area contributed by atoms with Crippen molar-refractivity contribution >= 4 is 11.8 Å². The number of amides is 2. The van der Waals surface area contributed by atoms with Gasteiger partial charge < -0.3 is 15.5 Å². The molecule has 3 aliphatic heterocycles. The Morgan fingerprint density at radius 3 is 2.83 bits per heavy atom. The van der Waals surface area contributed by atoms with Crippen molar-refractivity contribution in [1.29, 1.82) is 10.5 Å². The number of carbonyl (C=O) groups excluding carboxylic acids is 2. The zero-order chi connectivity index (χ0) is 21.0. The van der Waals surface area contributed by atoms with Gasteiger partial charge in [-0.05, 0) is 42.9 Å². The molecule has 5 rings (SSSR count). The van der Waals surface area contributed by atoms with Gasteiger partial charge in [0.25, 0.3) is 0 Å². The topological polar surface area (TPSA) is 117 Å². The molecule has 4 aliphatic rings. The minimum Gasteiger partial charge on any atom is -0.333 e. The fraction of sp³-hybridized carbons (Fsp3) is 0.545. The third kappa shape index (κ3) is 3.04. The lowest BCUT2D eigenvalue weighted by atomic mass is 10.1. The Morgan fingerprint density at radius 2 is 2.10 bits per heavy atom. The third-order valence-electron chi connectivity index (χ3n) is 7.06. The zero-order valence-corrected chi connectivity index (χ0v) is 16.6. The van der Waals surface area contributed by atoms with E-state index in [0.29, 0.717) is 31.1 Å². The van der Waals surface area contributed by atoms with Gasteiger partial charge in [0.1, 0.15) is 6.04 Å². The molecule has 2 amide bonds. The lowest BCUT2D eigenvalue weighted by Crippen LogP contribution is -2.56. The summed E-state index contributed by atoms with van der Waals surface area (Å²) in [5.74, 6) is 0.363. The second-order valence-corrected chi connectivity index (χ2v) is 8.93. The van der Waals surface area contributed by atoms with Crippen LogP contribution in [-0.4, -0.2) is 69.8 Å². The van der Waals surface area contributed by atoms with Crippen molar-refractivity contribution in [3.05, 3.63) is 35.4 Å². The number of likely N-dealkylation sites (tertiary alicyclic amines) is 3. The molecule has 1 unspecified atom stereocenters. The molecule has 154 valence electrons. The van der Waals surface area contributed by atoms with Crippen LogP contribution >= 0.6 is 0 Å². The second kappa shape index (κ2) is 7.09. The van der Waals surface area contributed by atoms with Crippen LogP contribution in [0.15, 0.2) is 24.3 Å². The van der Waals surface area contributed by atoms with E-state index in [2.05, 4.69) is 12.1 Å². The highest BCUT2D eigenvalue weighted by Gasteiger charge is 2.55. The smallest absolute Gasteiger partial charge is 0.242 e. The van der Waals surface area contributed by atoms with E-state index in [-0.39, 0.29) is 36.0 Å². The van der Waals surface area contributed by atoms with E-state index in [0.717, 1.165) is 24.8 Å². The number of hydrogen-bond donors (Lipinski definition) is 1. The van der Waals surface area contributed by atoms with Gasteiger partial charge in [-0.2, -0.15) is 10.5 Å². The number of piperidine rings is 1. The fourth-order valence-corrected chi connectivity index (χ4v) is 5.49. The Hall–Kier alpha value is -2.94. The number of nitriles is 2. The van der Waals surface area contributed by atoms with Crippen molar-refractivity contribution < 1.29 is 9.59 Å². The first-order chi connectivity index (χ1) is 14.5. The molecule has 0 aromatic heterocycles. The minimum absolute atomic E-state index is 0.0617. The largest absolute Gasteiger partial charge is 0.333 e. The van der Waals surface area contributed by atoms with Gasteiger partial charge >= 0.3 is 0 Å². The number of carbonyl (C=O) groups is 2. The monoisotopic (exact) mass is 404 g/mol. The molecule has 8 heteroatoms. The lowest BCUT2D eigenvalue weighted by Gasteiger charge is -2.35. The Kier molecular flexibility index (Phi) is 4.50. The SMILES string of the molecule is N#Cc1cccc(CN2C(=O)[C@H]3CC2CN3C[C@H](N)C(=O)N2[C@H](C#N)C[C@@H]3C[C@@H]32)c1. The first kappa shape index (κ1) is 19.0. The van der Waals surface area contributed by atoms with Crippen LogP contribution in [0.5, 0.6) is 0 Å². The molecule has 2 N–H and O–H groups in total. The summed E-state index contributed by atoms with van der Waals surface area (Å²) >= 11 is 0. The average molecular weight is 404 g/mol. The van der Waals surface area contributed by atoms with Gasteiger partial charge in [-0.3, -0.25) is 14.5 Å². The van der Waals surface area contributed by atoms with Gasteiger partial charge in [-0.25, -0.2) is 0 Å². The highest BCUT2D eigenvalue weighted by molar-refractivity contribution is 5.86. The molecule has 3 saturated heterocycles. The first-order valence-electron chi connectivity index (χ1n) is 10.5. The molecule has 1 aliphatic carbocycles. The number of benzene rings is 1. The van der Waals surface area contributed by atoms with E-state index in [1.165, 1.54) is 0 Å². The Balaban J connectivity index is 1.21. The van der Waals surface area contributed by atoms with Crippen LogP contribution in [-0.2, 0) is 16.1 Å². The third-order valence-corrected chi connectivity index (χ3v) is 7.06. The van der Waals surface area contributed by atoms with Crippen LogP contribution in [0.25, 0.3) is 0 Å². The van der Waals surface area contributed by atoms with Crippen LogP contribution < -0.4 is 5.73 Å². The summed E-state index contributed by atoms with van der Waals surface area (Å²) in [4.78, 5) is 31.4. The maximum absolute atomic E-state index is 12.9. The molecule has 1 aromatic rings. The summed E-state index contributed by atoms with van der Waals surface area (Å²) in [5, 5.41) is 18.4. The molecule has 0 radical (unpaired) electrons. The number of nitrogens with zero attached hydrogens (tertiary/aromatic N) is 5. The van der Waals surface area contributed by atoms with Crippen LogP contribution in [0, 0.1) is 28.6 Å². The molecule has 3 heterocycles. The molecule has 4 fully saturated rings. The molecule has 6 atom stereocenters. The normalized spacial score (nSPS) is 32.6. The van der Waals surface area contributed by atoms with Crippen LogP contribution in [0.1, 0.15) is 30.4 Å². The second-order valence-electron chi connectivity index (χ2n) is 8.93. The first-order valence-corrected chi connectivity index (χ1v) is 10.5. The maximum Gasteiger partial charge on any atom is 0.242 e. The minimum atomic E-state index is -0.715. The van der Waals surface area contributed by atoms with E-state index in [1.54, 1.807) is 11.0 Å². The highest BCUT2D eigenvalue weighted by Crippen LogP contribution is 2.47. The van der Waals surface area contributed by atoms with Crippen molar-refractivity contribution in [1.82, 2.24) is 14.7 Å². The Labute approximate surface area is 175 Å². The molecule has 30 heavy (non-hydrogen) atoms. The molecular formula is C22H24N6O2. The number of fused-ring (bicyclic) bond motifs is 3. The quantitative estimate of drug-likeness (QED) is 0.748. The van der Waals surface area contributed by atoms with E-state index >= 15 is 0 Å². The van der Waals surface area contributed by atoms with Gasteiger partial charge in [-0.15, -0.1) is 0 Å². The van der Waals surface area contributed by atoms with E-state index < -0.39 is 6.04 Å². The van der Waals surface area contributed by atoms with Crippen molar-refractivity contribution in [3.8, 4) is 12.1 Å². The summed E-state index contributed by atoms with van der Waals surface area (Å²) in [5.41, 5.74) is 7.78. The van der Waals surface area contributed by atoms with Crippen molar-refractivity contribution in [2.75, 3.05) is 13.1 Å². The number of rotatable bonds is 5. The van der Waals surface area contributed by atoms with Crippen LogP contribution in [0.3, 0.4) is 0 Å². The summed E-state index contributed by atoms with van der Waals surface area (Å²) in [7, 11) is 0. The summed E-state index contributed by atoms with van der Waals surface area (Å²) in [6.07, 6.45) is 2.48. The highest BCUT2D eigenvalue weighted by atomic mass is 16.2. The van der Waals surface area contributed by atoms with Gasteiger partial charge in [0.15, 0.2) is 0 Å². The predicted octanol–water partition coefficient (Wildman–Crippen LogP) is 0.184. The molecule has 0 spiro atoms. The summed E-state index contributed by atoms with van der Waals surface area (Å²) < 4.78 is 0. The van der Waals surface area contributed by atoms with Crippen LogP contribution in [0.2, 0.25) is 0 Å². The molecule has 2 bridgehead atoms. The lowest BCUT2D eigenvalue weighted by molar-refractivity contribution is -0.139. The predicted molar refractivity (Wildman–Crippen MR) is 106 cm³/mol. The number of nitrogens with two attached hydrogens (primary N) is 1. The molecular weight excluding hydrogens is 380 g/mol. The van der Waals surface area contributed by atoms with Crippen LogP contribution in [0.4, 0.5) is 0 Å².